The van der Waals surface area contributed by atoms with E-state index in [0.717, 1.165) is 141 Å². The number of carbonyl (C=O) groups excluding carboxylic acids is 3. The van der Waals surface area contributed by atoms with Gasteiger partial charge in [-0.3, -0.25) is 14.4 Å². The summed E-state index contributed by atoms with van der Waals surface area (Å²) in [4.78, 5) is 38.3. The smallest absolute Gasteiger partial charge is 0.306 e. The van der Waals surface area contributed by atoms with Gasteiger partial charge in [0.25, 0.3) is 0 Å². The summed E-state index contributed by atoms with van der Waals surface area (Å²) in [6.45, 7) is 6.41. The van der Waals surface area contributed by atoms with Crippen LogP contribution in [-0.4, -0.2) is 37.2 Å². The van der Waals surface area contributed by atoms with E-state index in [0.29, 0.717) is 19.3 Å². The molecule has 438 valence electrons. The molecule has 1 unspecified atom stereocenters. The lowest BCUT2D eigenvalue weighted by molar-refractivity contribution is -0.167. The highest BCUT2D eigenvalue weighted by molar-refractivity contribution is 5.71. The molecule has 0 radical (unpaired) electrons. The molecule has 0 saturated carbocycles. The predicted molar refractivity (Wildman–Crippen MR) is 334 cm³/mol. The lowest BCUT2D eigenvalue weighted by atomic mass is 10.0. The normalized spacial score (nSPS) is 12.9. The molecule has 0 aliphatic rings. The number of hydrogen-bond donors (Lipinski definition) is 0. The van der Waals surface area contributed by atoms with Crippen LogP contribution in [0.3, 0.4) is 0 Å². The molecule has 0 fully saturated rings. The van der Waals surface area contributed by atoms with E-state index < -0.39 is 6.10 Å². The van der Waals surface area contributed by atoms with Crippen molar-refractivity contribution in [3.05, 3.63) is 122 Å². The molecule has 77 heavy (non-hydrogen) atoms. The maximum absolute atomic E-state index is 12.9. The zero-order chi connectivity index (χ0) is 55.7. The standard InChI is InChI=1S/C71H118O6/c1-4-7-10-13-16-19-22-25-27-29-31-33-34-35-36-38-39-41-43-46-49-52-55-58-61-64-70(73)76-67-68(66-75-69(72)63-60-57-54-51-48-45-24-21-18-15-12-9-6-3)77-71(74)65-62-59-56-53-50-47-44-42-40-37-32-30-28-26-23-20-17-14-11-8-5-2/h7-8,10-11,16-17,19-20,25-28,31-33,35-37,39,41,68H,4-6,9,12-15,18,21-24,29-30,34,38,40,42-67H2,1-3H3/b10-7-,11-8-,19-16-,20-17-,27-25-,28-26-,33-31-,36-35-,37-32-,41-39-. The molecule has 0 aromatic heterocycles. The van der Waals surface area contributed by atoms with Gasteiger partial charge in [0.1, 0.15) is 13.2 Å². The highest BCUT2D eigenvalue weighted by atomic mass is 16.6. The number of carbonyl (C=O) groups is 3. The molecule has 1 atom stereocenters. The third-order valence-corrected chi connectivity index (χ3v) is 13.5. The first kappa shape index (κ1) is 72.8. The van der Waals surface area contributed by atoms with E-state index in [-0.39, 0.29) is 31.1 Å². The van der Waals surface area contributed by atoms with Gasteiger partial charge in [-0.05, 0) is 109 Å². The molecule has 0 bridgehead atoms. The molecule has 0 saturated heterocycles. The summed E-state index contributed by atoms with van der Waals surface area (Å²) in [5, 5.41) is 0. The Morgan fingerprint density at radius 2 is 0.506 bits per heavy atom. The van der Waals surface area contributed by atoms with Gasteiger partial charge in [0.15, 0.2) is 6.10 Å². The van der Waals surface area contributed by atoms with Crippen LogP contribution in [0.5, 0.6) is 0 Å². The highest BCUT2D eigenvalue weighted by Gasteiger charge is 2.19. The minimum absolute atomic E-state index is 0.0862. The Hall–Kier alpha value is -4.19. The molecule has 6 heteroatoms. The van der Waals surface area contributed by atoms with Crippen molar-refractivity contribution in [3.8, 4) is 0 Å². The van der Waals surface area contributed by atoms with Crippen LogP contribution in [0.25, 0.3) is 0 Å². The highest BCUT2D eigenvalue weighted by Crippen LogP contribution is 2.16. The van der Waals surface area contributed by atoms with Crippen molar-refractivity contribution in [1.29, 1.82) is 0 Å². The van der Waals surface area contributed by atoms with Gasteiger partial charge >= 0.3 is 17.9 Å². The minimum atomic E-state index is -0.792. The van der Waals surface area contributed by atoms with Gasteiger partial charge in [-0.2, -0.15) is 0 Å². The summed E-state index contributed by atoms with van der Waals surface area (Å²) in [5.41, 5.74) is 0. The summed E-state index contributed by atoms with van der Waals surface area (Å²) in [5.74, 6) is -0.903. The van der Waals surface area contributed by atoms with Gasteiger partial charge in [0.2, 0.25) is 0 Å². The minimum Gasteiger partial charge on any atom is -0.462 e. The quantitative estimate of drug-likeness (QED) is 0.0261. The number of hydrogen-bond acceptors (Lipinski definition) is 6. The molecule has 0 aromatic carbocycles. The first-order valence-corrected chi connectivity index (χ1v) is 32.0. The third-order valence-electron chi connectivity index (χ3n) is 13.5. The fraction of sp³-hybridized carbons (Fsp3) is 0.676. The average Bonchev–Trinajstić information content (AvgIpc) is 3.43. The summed E-state index contributed by atoms with van der Waals surface area (Å²) >= 11 is 0. The average molecular weight is 1070 g/mol. The Morgan fingerprint density at radius 1 is 0.273 bits per heavy atom. The summed E-state index contributed by atoms with van der Waals surface area (Å²) in [6, 6.07) is 0. The molecule has 0 N–H and O–H groups in total. The maximum Gasteiger partial charge on any atom is 0.306 e. The van der Waals surface area contributed by atoms with Gasteiger partial charge in [0.05, 0.1) is 0 Å². The summed E-state index contributed by atoms with van der Waals surface area (Å²) in [6.07, 6.45) is 89.1. The third kappa shape index (κ3) is 62.5. The van der Waals surface area contributed by atoms with E-state index in [9.17, 15) is 14.4 Å². The monoisotopic (exact) mass is 1070 g/mol. The Morgan fingerprint density at radius 3 is 0.792 bits per heavy atom. The maximum atomic E-state index is 12.9. The topological polar surface area (TPSA) is 78.9 Å². The first-order valence-electron chi connectivity index (χ1n) is 32.0. The number of unbranched alkanes of at least 4 members (excludes halogenated alkanes) is 26. The van der Waals surface area contributed by atoms with Crippen molar-refractivity contribution in [3.63, 3.8) is 0 Å². The molecule has 0 aliphatic carbocycles. The Kier molecular flexibility index (Phi) is 60.8. The second kappa shape index (κ2) is 64.3. The van der Waals surface area contributed by atoms with Gasteiger partial charge in [-0.1, -0.05) is 284 Å². The van der Waals surface area contributed by atoms with Crippen LogP contribution in [0.2, 0.25) is 0 Å². The second-order valence-electron chi connectivity index (χ2n) is 20.9. The van der Waals surface area contributed by atoms with E-state index in [1.807, 2.05) is 0 Å². The van der Waals surface area contributed by atoms with Crippen LogP contribution >= 0.6 is 0 Å². The van der Waals surface area contributed by atoms with Crippen LogP contribution in [0.1, 0.15) is 290 Å². The van der Waals surface area contributed by atoms with Crippen LogP contribution < -0.4 is 0 Å². The number of esters is 3. The molecular formula is C71H118O6. The number of ether oxygens (including phenoxy) is 3. The van der Waals surface area contributed by atoms with Crippen LogP contribution in [0.15, 0.2) is 122 Å². The van der Waals surface area contributed by atoms with Crippen LogP contribution in [0, 0.1) is 0 Å². The van der Waals surface area contributed by atoms with E-state index in [2.05, 4.69) is 142 Å². The number of rotatable bonds is 57. The Balaban J connectivity index is 4.39. The largest absolute Gasteiger partial charge is 0.462 e. The molecular weight excluding hydrogens is 949 g/mol. The zero-order valence-electron chi connectivity index (χ0n) is 50.2. The van der Waals surface area contributed by atoms with Gasteiger partial charge < -0.3 is 14.2 Å². The summed E-state index contributed by atoms with van der Waals surface area (Å²) < 4.78 is 16.9. The zero-order valence-corrected chi connectivity index (χ0v) is 50.2. The summed E-state index contributed by atoms with van der Waals surface area (Å²) in [7, 11) is 0. The van der Waals surface area contributed by atoms with Crippen molar-refractivity contribution >= 4 is 17.9 Å². The lowest BCUT2D eigenvalue weighted by Crippen LogP contribution is -2.30. The molecule has 0 aromatic rings. The predicted octanol–water partition coefficient (Wildman–Crippen LogP) is 22.0. The molecule has 0 heterocycles. The molecule has 0 rings (SSSR count). The van der Waals surface area contributed by atoms with Crippen LogP contribution in [0.4, 0.5) is 0 Å². The Labute approximate surface area is 475 Å². The lowest BCUT2D eigenvalue weighted by Gasteiger charge is -2.18. The van der Waals surface area contributed by atoms with Crippen LogP contribution in [-0.2, 0) is 28.6 Å². The molecule has 6 nitrogen and oxygen atoms in total. The van der Waals surface area contributed by atoms with Crippen molar-refractivity contribution < 1.29 is 28.6 Å². The number of allylic oxidation sites excluding steroid dienone is 20. The second-order valence-corrected chi connectivity index (χ2v) is 20.9. The first-order chi connectivity index (χ1) is 38.0. The van der Waals surface area contributed by atoms with Crippen molar-refractivity contribution in [2.75, 3.05) is 13.2 Å². The molecule has 0 spiro atoms. The fourth-order valence-corrected chi connectivity index (χ4v) is 8.73. The van der Waals surface area contributed by atoms with Crippen molar-refractivity contribution in [1.82, 2.24) is 0 Å². The van der Waals surface area contributed by atoms with Crippen molar-refractivity contribution in [2.24, 2.45) is 0 Å². The van der Waals surface area contributed by atoms with E-state index in [1.54, 1.807) is 0 Å². The fourth-order valence-electron chi connectivity index (χ4n) is 8.73. The molecule has 0 amide bonds. The van der Waals surface area contributed by atoms with Gasteiger partial charge in [-0.15, -0.1) is 0 Å². The van der Waals surface area contributed by atoms with Gasteiger partial charge in [-0.25, -0.2) is 0 Å². The van der Waals surface area contributed by atoms with E-state index >= 15 is 0 Å². The van der Waals surface area contributed by atoms with E-state index in [1.165, 1.54) is 109 Å². The van der Waals surface area contributed by atoms with E-state index in [4.69, 9.17) is 14.2 Å². The Bertz CT molecular complexity index is 1600. The van der Waals surface area contributed by atoms with Crippen molar-refractivity contribution in [2.45, 2.75) is 297 Å². The van der Waals surface area contributed by atoms with Gasteiger partial charge in [0, 0.05) is 19.3 Å². The molecule has 0 aliphatic heterocycles. The SMILES string of the molecule is CC/C=C\C/C=C\C/C=C\C/C=C\C/C=C\C/C=C\CCCCCCCCC(=O)OCC(COC(=O)CCCCCCCCCCCCCCC)OC(=O)CCCCCCCCCC/C=C\C/C=C\C/C=C\C/C=C\CC.